The Hall–Kier alpha value is -2.24. The number of hydrogen-bond acceptors (Lipinski definition) is 3. The predicted octanol–water partition coefficient (Wildman–Crippen LogP) is 2.66. The second kappa shape index (κ2) is 10.6. The Bertz CT molecular complexity index is 647. The number of ether oxygens (including phenoxy) is 1. The summed E-state index contributed by atoms with van der Waals surface area (Å²) in [6, 6.07) is 17.2. The molecule has 25 heavy (non-hydrogen) atoms. The van der Waals surface area contributed by atoms with Crippen molar-refractivity contribution in [1.82, 2.24) is 10.6 Å². The van der Waals surface area contributed by atoms with Crippen LogP contribution in [0, 0.1) is 0 Å². The van der Waals surface area contributed by atoms with Gasteiger partial charge in [0.1, 0.15) is 12.4 Å². The van der Waals surface area contributed by atoms with Crippen molar-refractivity contribution in [2.75, 3.05) is 33.4 Å². The lowest BCUT2D eigenvalue weighted by Crippen LogP contribution is -2.41. The molecule has 2 aromatic carbocycles. The van der Waals surface area contributed by atoms with Crippen LogP contribution < -0.4 is 15.4 Å². The summed E-state index contributed by atoms with van der Waals surface area (Å²) in [5.41, 5.74) is 1.10. The van der Waals surface area contributed by atoms with Crippen molar-refractivity contribution in [2.45, 2.75) is 5.92 Å². The highest BCUT2D eigenvalue weighted by atomic mass is 35.5. The number of hydrogen-bond donors (Lipinski definition) is 3. The Morgan fingerprint density at radius 3 is 2.48 bits per heavy atom. The summed E-state index contributed by atoms with van der Waals surface area (Å²) in [6.07, 6.45) is 0. The van der Waals surface area contributed by atoms with E-state index in [1.54, 1.807) is 19.2 Å². The molecule has 0 amide bonds. The van der Waals surface area contributed by atoms with E-state index in [1.807, 2.05) is 42.5 Å². The van der Waals surface area contributed by atoms with Gasteiger partial charge in [-0.3, -0.25) is 4.99 Å². The van der Waals surface area contributed by atoms with Crippen molar-refractivity contribution in [3.8, 4) is 5.75 Å². The van der Waals surface area contributed by atoms with Gasteiger partial charge >= 0.3 is 0 Å². The topological polar surface area (TPSA) is 65.9 Å². The van der Waals surface area contributed by atoms with Gasteiger partial charge < -0.3 is 20.5 Å². The average molecular weight is 362 g/mol. The van der Waals surface area contributed by atoms with Gasteiger partial charge in [-0.05, 0) is 29.8 Å². The quantitative estimate of drug-likeness (QED) is 0.384. The van der Waals surface area contributed by atoms with Crippen LogP contribution in [0.4, 0.5) is 0 Å². The van der Waals surface area contributed by atoms with Crippen molar-refractivity contribution < 1.29 is 9.84 Å². The number of nitrogens with one attached hydrogen (secondary N) is 2. The van der Waals surface area contributed by atoms with Crippen LogP contribution in [-0.4, -0.2) is 44.4 Å². The number of aliphatic imine (C=N–C) groups is 1. The molecule has 2 rings (SSSR count). The van der Waals surface area contributed by atoms with Crippen LogP contribution in [0.1, 0.15) is 11.5 Å². The van der Waals surface area contributed by atoms with Gasteiger partial charge in [0, 0.05) is 24.5 Å². The standard InChI is InChI=1S/C19H24ClN3O2/c1-21-19(22-11-12-25-18-9-7-17(20)8-10-18)23-13-16(14-24)15-5-3-2-4-6-15/h2-10,16,24H,11-14H2,1H3,(H2,21,22,23). The van der Waals surface area contributed by atoms with Crippen molar-refractivity contribution in [1.29, 1.82) is 0 Å². The lowest BCUT2D eigenvalue weighted by molar-refractivity contribution is 0.265. The van der Waals surface area contributed by atoms with Crippen molar-refractivity contribution in [3.05, 3.63) is 65.2 Å². The van der Waals surface area contributed by atoms with Gasteiger partial charge in [0.05, 0.1) is 13.2 Å². The molecule has 0 fully saturated rings. The molecule has 0 aliphatic heterocycles. The molecule has 0 aliphatic carbocycles. The van der Waals surface area contributed by atoms with E-state index in [4.69, 9.17) is 16.3 Å². The molecule has 134 valence electrons. The van der Waals surface area contributed by atoms with E-state index in [2.05, 4.69) is 15.6 Å². The monoisotopic (exact) mass is 361 g/mol. The number of guanidine groups is 1. The molecule has 0 saturated carbocycles. The number of benzene rings is 2. The molecular weight excluding hydrogens is 338 g/mol. The van der Waals surface area contributed by atoms with Gasteiger partial charge in [-0.25, -0.2) is 0 Å². The van der Waals surface area contributed by atoms with Crippen LogP contribution in [0.3, 0.4) is 0 Å². The van der Waals surface area contributed by atoms with Crippen LogP contribution in [0.15, 0.2) is 59.6 Å². The van der Waals surface area contributed by atoms with Gasteiger partial charge in [0.25, 0.3) is 0 Å². The summed E-state index contributed by atoms with van der Waals surface area (Å²) >= 11 is 5.84. The molecule has 0 spiro atoms. The second-order valence-corrected chi connectivity index (χ2v) is 5.91. The van der Waals surface area contributed by atoms with Crippen LogP contribution in [0.2, 0.25) is 5.02 Å². The Morgan fingerprint density at radius 1 is 1.12 bits per heavy atom. The van der Waals surface area contributed by atoms with E-state index < -0.39 is 0 Å². The summed E-state index contributed by atoms with van der Waals surface area (Å²) in [7, 11) is 1.71. The van der Waals surface area contributed by atoms with E-state index in [-0.39, 0.29) is 12.5 Å². The zero-order chi connectivity index (χ0) is 17.9. The second-order valence-electron chi connectivity index (χ2n) is 5.47. The first kappa shape index (κ1) is 19.1. The summed E-state index contributed by atoms with van der Waals surface area (Å²) in [4.78, 5) is 4.18. The molecule has 1 unspecified atom stereocenters. The fraction of sp³-hybridized carbons (Fsp3) is 0.316. The zero-order valence-electron chi connectivity index (χ0n) is 14.3. The number of rotatable bonds is 8. The summed E-state index contributed by atoms with van der Waals surface area (Å²) in [5.74, 6) is 1.47. The normalized spacial score (nSPS) is 12.5. The highest BCUT2D eigenvalue weighted by Crippen LogP contribution is 2.15. The lowest BCUT2D eigenvalue weighted by atomic mass is 10.0. The van der Waals surface area contributed by atoms with Gasteiger partial charge in [-0.15, -0.1) is 0 Å². The van der Waals surface area contributed by atoms with Crippen molar-refractivity contribution in [2.24, 2.45) is 4.99 Å². The van der Waals surface area contributed by atoms with Crippen molar-refractivity contribution >= 4 is 17.6 Å². The maximum absolute atomic E-state index is 9.60. The molecule has 2 aromatic rings. The molecule has 0 saturated heterocycles. The summed E-state index contributed by atoms with van der Waals surface area (Å²) < 4.78 is 5.63. The Balaban J connectivity index is 1.72. The average Bonchev–Trinajstić information content (AvgIpc) is 2.66. The molecule has 3 N–H and O–H groups in total. The first-order valence-corrected chi connectivity index (χ1v) is 8.59. The van der Waals surface area contributed by atoms with Crippen LogP contribution in [0.5, 0.6) is 5.75 Å². The molecule has 0 radical (unpaired) electrons. The fourth-order valence-corrected chi connectivity index (χ4v) is 2.45. The van der Waals surface area contributed by atoms with Crippen LogP contribution >= 0.6 is 11.6 Å². The number of aliphatic hydroxyl groups excluding tert-OH is 1. The molecule has 1 atom stereocenters. The maximum atomic E-state index is 9.60. The van der Waals surface area contributed by atoms with E-state index in [9.17, 15) is 5.11 Å². The minimum Gasteiger partial charge on any atom is -0.492 e. The van der Waals surface area contributed by atoms with Gasteiger partial charge in [-0.1, -0.05) is 41.9 Å². The van der Waals surface area contributed by atoms with Gasteiger partial charge in [0.2, 0.25) is 0 Å². The van der Waals surface area contributed by atoms with Gasteiger partial charge in [-0.2, -0.15) is 0 Å². The zero-order valence-corrected chi connectivity index (χ0v) is 15.0. The summed E-state index contributed by atoms with van der Waals surface area (Å²) in [5, 5.41) is 16.7. The third-order valence-electron chi connectivity index (χ3n) is 3.71. The molecular formula is C19H24ClN3O2. The first-order chi connectivity index (χ1) is 12.2. The fourth-order valence-electron chi connectivity index (χ4n) is 2.32. The third-order valence-corrected chi connectivity index (χ3v) is 3.96. The first-order valence-electron chi connectivity index (χ1n) is 8.21. The molecule has 0 bridgehead atoms. The Morgan fingerprint density at radius 2 is 1.84 bits per heavy atom. The van der Waals surface area contributed by atoms with E-state index in [1.165, 1.54) is 0 Å². The van der Waals surface area contributed by atoms with E-state index >= 15 is 0 Å². The number of aliphatic hydroxyl groups is 1. The maximum Gasteiger partial charge on any atom is 0.191 e. The molecule has 0 aliphatic rings. The number of nitrogens with zero attached hydrogens (tertiary/aromatic N) is 1. The van der Waals surface area contributed by atoms with Crippen LogP contribution in [0.25, 0.3) is 0 Å². The van der Waals surface area contributed by atoms with Gasteiger partial charge in [0.15, 0.2) is 5.96 Å². The Labute approximate surface area is 153 Å². The minimum atomic E-state index is 0.0186. The molecule has 6 heteroatoms. The predicted molar refractivity (Wildman–Crippen MR) is 103 cm³/mol. The number of halogens is 1. The third kappa shape index (κ3) is 6.64. The van der Waals surface area contributed by atoms with E-state index in [0.717, 1.165) is 11.3 Å². The highest BCUT2D eigenvalue weighted by Gasteiger charge is 2.10. The summed E-state index contributed by atoms with van der Waals surface area (Å²) in [6.45, 7) is 1.79. The Kier molecular flexibility index (Phi) is 8.09. The highest BCUT2D eigenvalue weighted by molar-refractivity contribution is 6.30. The molecule has 0 aromatic heterocycles. The molecule has 5 nitrogen and oxygen atoms in total. The van der Waals surface area contributed by atoms with E-state index in [0.29, 0.717) is 30.7 Å². The van der Waals surface area contributed by atoms with Crippen LogP contribution in [-0.2, 0) is 0 Å². The minimum absolute atomic E-state index is 0.0186. The molecule has 0 heterocycles. The lowest BCUT2D eigenvalue weighted by Gasteiger charge is -2.18. The smallest absolute Gasteiger partial charge is 0.191 e. The van der Waals surface area contributed by atoms with Crippen molar-refractivity contribution in [3.63, 3.8) is 0 Å². The SMILES string of the molecule is CN=C(NCCOc1ccc(Cl)cc1)NCC(CO)c1ccccc1. The largest absolute Gasteiger partial charge is 0.492 e.